The second kappa shape index (κ2) is 7.99. The number of aliphatic hydroxyl groups is 1. The summed E-state index contributed by atoms with van der Waals surface area (Å²) in [6.45, 7) is 1.77. The van der Waals surface area contributed by atoms with Crippen LogP contribution in [0.25, 0.3) is 5.65 Å². The van der Waals surface area contributed by atoms with Crippen LogP contribution in [0.4, 0.5) is 10.1 Å². The molecule has 2 N–H and O–H groups in total. The van der Waals surface area contributed by atoms with Crippen LogP contribution in [0.15, 0.2) is 48.8 Å². The van der Waals surface area contributed by atoms with Gasteiger partial charge in [0, 0.05) is 18.2 Å². The van der Waals surface area contributed by atoms with Gasteiger partial charge in [0.25, 0.3) is 5.91 Å². The molecular weight excluding hydrogens is 385 g/mol. The molecule has 2 atom stereocenters. The molecule has 0 aliphatic heterocycles. The smallest absolute Gasteiger partial charge is 0.274 e. The van der Waals surface area contributed by atoms with Gasteiger partial charge >= 0.3 is 0 Å². The molecule has 0 radical (unpaired) electrons. The van der Waals surface area contributed by atoms with Crippen LogP contribution < -0.4 is 5.32 Å². The third-order valence-corrected chi connectivity index (χ3v) is 5.98. The predicted octanol–water partition coefficient (Wildman–Crippen LogP) is 4.24. The molecule has 3 aromatic rings. The number of hydrogen-bond donors (Lipinski definition) is 2. The molecular formula is C23H24FN3O3. The molecule has 2 aromatic heterocycles. The third kappa shape index (κ3) is 3.98. The van der Waals surface area contributed by atoms with Crippen LogP contribution in [0.3, 0.4) is 0 Å². The number of hydrogen-bond acceptors (Lipinski definition) is 4. The van der Waals surface area contributed by atoms with Crippen molar-refractivity contribution in [3.05, 3.63) is 65.9 Å². The standard InChI is InChI=1S/C23H24FN3O3/c1-23(30)10-4-2-6-16(23)13-20(28)15-8-9-17(24)18(12-15)26-22(29)19-14-25-21-7-3-5-11-27(19)21/h3,5,7-9,11-12,14,16,30H,2,4,6,10,13H2,1H3,(H,26,29)/t16-,23-/m1/s1. The molecule has 0 spiro atoms. The van der Waals surface area contributed by atoms with Crippen molar-refractivity contribution in [2.45, 2.75) is 44.6 Å². The van der Waals surface area contributed by atoms with Crippen LogP contribution in [-0.2, 0) is 0 Å². The fourth-order valence-corrected chi connectivity index (χ4v) is 4.13. The summed E-state index contributed by atoms with van der Waals surface area (Å²) < 4.78 is 15.9. The van der Waals surface area contributed by atoms with Gasteiger partial charge in [-0.25, -0.2) is 9.37 Å². The highest BCUT2D eigenvalue weighted by Gasteiger charge is 2.35. The summed E-state index contributed by atoms with van der Waals surface area (Å²) in [5.41, 5.74) is 0.249. The summed E-state index contributed by atoms with van der Waals surface area (Å²) in [5, 5.41) is 13.1. The Kier molecular flexibility index (Phi) is 5.39. The molecule has 6 nitrogen and oxygen atoms in total. The van der Waals surface area contributed by atoms with Crippen molar-refractivity contribution in [3.63, 3.8) is 0 Å². The Morgan fingerprint density at radius 3 is 2.93 bits per heavy atom. The van der Waals surface area contributed by atoms with Crippen molar-refractivity contribution in [2.24, 2.45) is 5.92 Å². The van der Waals surface area contributed by atoms with Crippen molar-refractivity contribution in [1.82, 2.24) is 9.38 Å². The molecule has 0 unspecified atom stereocenters. The Morgan fingerprint density at radius 1 is 1.30 bits per heavy atom. The molecule has 1 aromatic carbocycles. The highest BCUT2D eigenvalue weighted by atomic mass is 19.1. The lowest BCUT2D eigenvalue weighted by molar-refractivity contribution is -0.0323. The van der Waals surface area contributed by atoms with Gasteiger partial charge in [0.2, 0.25) is 0 Å². The molecule has 156 valence electrons. The number of carbonyl (C=O) groups excluding carboxylic acids is 2. The zero-order chi connectivity index (χ0) is 21.3. The summed E-state index contributed by atoms with van der Waals surface area (Å²) in [6.07, 6.45) is 6.71. The first kappa shape index (κ1) is 20.2. The Balaban J connectivity index is 1.53. The number of fused-ring (bicyclic) bond motifs is 1. The normalized spacial score (nSPS) is 21.5. The molecule has 0 saturated heterocycles. The minimum atomic E-state index is -0.867. The van der Waals surface area contributed by atoms with Crippen LogP contribution in [-0.4, -0.2) is 31.8 Å². The van der Waals surface area contributed by atoms with E-state index in [1.165, 1.54) is 24.4 Å². The first-order valence-electron chi connectivity index (χ1n) is 10.1. The van der Waals surface area contributed by atoms with Gasteiger partial charge < -0.3 is 10.4 Å². The maximum atomic E-state index is 14.3. The van der Waals surface area contributed by atoms with Crippen molar-refractivity contribution < 1.29 is 19.1 Å². The van der Waals surface area contributed by atoms with E-state index in [4.69, 9.17) is 0 Å². The summed E-state index contributed by atoms with van der Waals surface area (Å²) in [5.74, 6) is -1.45. The molecule has 2 heterocycles. The lowest BCUT2D eigenvalue weighted by Gasteiger charge is -2.36. The highest BCUT2D eigenvalue weighted by Crippen LogP contribution is 2.36. The van der Waals surface area contributed by atoms with Crippen molar-refractivity contribution >= 4 is 23.0 Å². The van der Waals surface area contributed by atoms with E-state index in [0.717, 1.165) is 19.3 Å². The lowest BCUT2D eigenvalue weighted by atomic mass is 9.74. The molecule has 1 aliphatic carbocycles. The Bertz CT molecular complexity index is 1110. The van der Waals surface area contributed by atoms with Crippen LogP contribution in [0.1, 0.15) is 59.9 Å². The van der Waals surface area contributed by atoms with Gasteiger partial charge in [-0.2, -0.15) is 0 Å². The van der Waals surface area contributed by atoms with E-state index in [1.54, 1.807) is 29.7 Å². The maximum absolute atomic E-state index is 14.3. The molecule has 1 fully saturated rings. The minimum absolute atomic E-state index is 0.0628. The van der Waals surface area contributed by atoms with Gasteiger partial charge in [-0.05, 0) is 56.0 Å². The number of carbonyl (C=O) groups is 2. The average Bonchev–Trinajstić information content (AvgIpc) is 3.15. The van der Waals surface area contributed by atoms with Crippen LogP contribution in [0, 0.1) is 11.7 Å². The van der Waals surface area contributed by atoms with E-state index in [0.29, 0.717) is 17.6 Å². The first-order chi connectivity index (χ1) is 14.3. The molecule has 0 bridgehead atoms. The highest BCUT2D eigenvalue weighted by molar-refractivity contribution is 6.04. The maximum Gasteiger partial charge on any atom is 0.274 e. The molecule has 7 heteroatoms. The zero-order valence-electron chi connectivity index (χ0n) is 16.8. The molecule has 1 saturated carbocycles. The average molecular weight is 409 g/mol. The van der Waals surface area contributed by atoms with Gasteiger partial charge in [0.15, 0.2) is 5.78 Å². The topological polar surface area (TPSA) is 83.7 Å². The number of halogens is 1. The number of ketones is 1. The van der Waals surface area contributed by atoms with E-state index in [-0.39, 0.29) is 29.5 Å². The van der Waals surface area contributed by atoms with Gasteiger partial charge in [-0.3, -0.25) is 14.0 Å². The number of imidazole rings is 1. The van der Waals surface area contributed by atoms with Gasteiger partial charge in [0.1, 0.15) is 17.2 Å². The number of aromatic nitrogens is 2. The predicted molar refractivity (Wildman–Crippen MR) is 111 cm³/mol. The molecule has 30 heavy (non-hydrogen) atoms. The summed E-state index contributed by atoms with van der Waals surface area (Å²) in [4.78, 5) is 29.6. The van der Waals surface area contributed by atoms with Gasteiger partial charge in [0.05, 0.1) is 17.5 Å². The molecule has 4 rings (SSSR count). The van der Waals surface area contributed by atoms with E-state index in [1.807, 2.05) is 6.07 Å². The fourth-order valence-electron chi connectivity index (χ4n) is 4.13. The van der Waals surface area contributed by atoms with Crippen molar-refractivity contribution in [2.75, 3.05) is 5.32 Å². The van der Waals surface area contributed by atoms with E-state index in [2.05, 4.69) is 10.3 Å². The quantitative estimate of drug-likeness (QED) is 0.618. The molecule has 1 aliphatic rings. The zero-order valence-corrected chi connectivity index (χ0v) is 16.8. The number of anilines is 1. The van der Waals surface area contributed by atoms with E-state index >= 15 is 0 Å². The minimum Gasteiger partial charge on any atom is -0.390 e. The summed E-state index contributed by atoms with van der Waals surface area (Å²) in [6, 6.07) is 9.29. The number of Topliss-reactive ketones (excluding diaryl/α,β-unsaturated/α-hetero) is 1. The SMILES string of the molecule is C[C@@]1(O)CCCC[C@@H]1CC(=O)c1ccc(F)c(NC(=O)c2cnc3ccccn23)c1. The monoisotopic (exact) mass is 409 g/mol. The number of rotatable bonds is 5. The number of pyridine rings is 1. The number of nitrogens with one attached hydrogen (secondary N) is 1. The summed E-state index contributed by atoms with van der Waals surface area (Å²) in [7, 11) is 0. The van der Waals surface area contributed by atoms with E-state index in [9.17, 15) is 19.1 Å². The first-order valence-corrected chi connectivity index (χ1v) is 10.1. The van der Waals surface area contributed by atoms with E-state index < -0.39 is 17.3 Å². The number of benzene rings is 1. The number of nitrogens with zero attached hydrogens (tertiary/aromatic N) is 2. The molecule has 1 amide bonds. The van der Waals surface area contributed by atoms with Gasteiger partial charge in [-0.15, -0.1) is 0 Å². The Labute approximate surface area is 173 Å². The lowest BCUT2D eigenvalue weighted by Crippen LogP contribution is -2.38. The van der Waals surface area contributed by atoms with Crippen LogP contribution in [0.5, 0.6) is 0 Å². The largest absolute Gasteiger partial charge is 0.390 e. The van der Waals surface area contributed by atoms with Gasteiger partial charge in [-0.1, -0.05) is 18.9 Å². The van der Waals surface area contributed by atoms with Crippen LogP contribution in [0.2, 0.25) is 0 Å². The second-order valence-corrected chi connectivity index (χ2v) is 8.15. The summed E-state index contributed by atoms with van der Waals surface area (Å²) >= 11 is 0. The Morgan fingerprint density at radius 2 is 2.13 bits per heavy atom. The Hall–Kier alpha value is -3.06. The van der Waals surface area contributed by atoms with Crippen molar-refractivity contribution in [1.29, 1.82) is 0 Å². The number of amides is 1. The van der Waals surface area contributed by atoms with Crippen LogP contribution >= 0.6 is 0 Å². The van der Waals surface area contributed by atoms with Crippen molar-refractivity contribution in [3.8, 4) is 0 Å². The fraction of sp³-hybridized carbons (Fsp3) is 0.348. The third-order valence-electron chi connectivity index (χ3n) is 5.98. The second-order valence-electron chi connectivity index (χ2n) is 8.15.